The lowest BCUT2D eigenvalue weighted by Gasteiger charge is -2.19. The second kappa shape index (κ2) is 8.93. The van der Waals surface area contributed by atoms with Crippen molar-refractivity contribution < 1.29 is 23.8 Å². The zero-order chi connectivity index (χ0) is 20.2. The third-order valence-corrected chi connectivity index (χ3v) is 5.43. The van der Waals surface area contributed by atoms with Crippen molar-refractivity contribution in [3.8, 4) is 11.5 Å². The number of benzene rings is 1. The molecule has 1 aromatic heterocycles. The van der Waals surface area contributed by atoms with E-state index in [1.54, 1.807) is 14.2 Å². The summed E-state index contributed by atoms with van der Waals surface area (Å²) < 4.78 is 16.9. The minimum absolute atomic E-state index is 0.124. The Morgan fingerprint density at radius 3 is 2.33 bits per heavy atom. The molecule has 1 heterocycles. The Morgan fingerprint density at radius 1 is 1.15 bits per heavy atom. The Bertz CT molecular complexity index is 841. The van der Waals surface area contributed by atoms with Gasteiger partial charge in [-0.1, -0.05) is 15.9 Å². The number of rotatable bonds is 7. The molecule has 27 heavy (non-hydrogen) atoms. The molecular weight excluding hydrogens is 434 g/mol. The molecule has 6 nitrogen and oxygen atoms in total. The Morgan fingerprint density at radius 2 is 1.78 bits per heavy atom. The lowest BCUT2D eigenvalue weighted by atomic mass is 10.1. The van der Waals surface area contributed by atoms with Crippen LogP contribution < -0.4 is 14.8 Å². The number of fused-ring (bicyclic) bond motifs is 1. The molecule has 2 aromatic rings. The van der Waals surface area contributed by atoms with Gasteiger partial charge in [0, 0.05) is 28.0 Å². The molecule has 0 aliphatic heterocycles. The molecule has 2 rings (SSSR count). The summed E-state index contributed by atoms with van der Waals surface area (Å²) in [5.74, 6) is 0.674. The number of halogens is 1. The van der Waals surface area contributed by atoms with Crippen LogP contribution in [-0.4, -0.2) is 38.2 Å². The molecule has 0 fully saturated rings. The Hall–Kier alpha value is -1.80. The van der Waals surface area contributed by atoms with Crippen LogP contribution in [0, 0.1) is 0 Å². The highest BCUT2D eigenvalue weighted by atomic mass is 79.9. The standard InChI is InChI=1S/C19H24BrNO5S/c1-19(2,3)26-16(22)6-7-21-18(23)17-12(10-20)11-8-13(24-4)14(25-5)9-15(11)27-17/h8-9H,6-7,10H2,1-5H3,(H,21,23). The van der Waals surface area contributed by atoms with Crippen LogP contribution in [0.15, 0.2) is 12.1 Å². The number of carbonyl (C=O) groups excluding carboxylic acids is 2. The first-order chi connectivity index (χ1) is 12.7. The topological polar surface area (TPSA) is 73.9 Å². The summed E-state index contributed by atoms with van der Waals surface area (Å²) in [7, 11) is 3.15. The largest absolute Gasteiger partial charge is 0.493 e. The fourth-order valence-electron chi connectivity index (χ4n) is 2.54. The predicted molar refractivity (Wildman–Crippen MR) is 110 cm³/mol. The van der Waals surface area contributed by atoms with Crippen LogP contribution in [-0.2, 0) is 14.9 Å². The third-order valence-electron chi connectivity index (χ3n) is 3.67. The van der Waals surface area contributed by atoms with E-state index in [9.17, 15) is 9.59 Å². The molecule has 148 valence electrons. The predicted octanol–water partition coefficient (Wildman–Crippen LogP) is 4.28. The molecule has 0 aliphatic carbocycles. The molecule has 0 bridgehead atoms. The number of ether oxygens (including phenoxy) is 3. The van der Waals surface area contributed by atoms with Crippen molar-refractivity contribution in [2.45, 2.75) is 38.1 Å². The molecular formula is C19H24BrNO5S. The summed E-state index contributed by atoms with van der Waals surface area (Å²) in [6.07, 6.45) is 0.124. The first-order valence-electron chi connectivity index (χ1n) is 8.43. The van der Waals surface area contributed by atoms with Crippen LogP contribution in [0.1, 0.15) is 42.4 Å². The van der Waals surface area contributed by atoms with Crippen LogP contribution in [0.25, 0.3) is 10.1 Å². The Balaban J connectivity index is 2.17. The molecule has 0 radical (unpaired) electrons. The monoisotopic (exact) mass is 457 g/mol. The molecule has 1 amide bonds. The van der Waals surface area contributed by atoms with Gasteiger partial charge in [-0.3, -0.25) is 9.59 Å². The normalized spacial score (nSPS) is 11.3. The van der Waals surface area contributed by atoms with Gasteiger partial charge < -0.3 is 19.5 Å². The molecule has 0 aliphatic rings. The minimum atomic E-state index is -0.534. The minimum Gasteiger partial charge on any atom is -0.493 e. The van der Waals surface area contributed by atoms with Gasteiger partial charge in [-0.05, 0) is 32.4 Å². The fourth-order valence-corrected chi connectivity index (χ4v) is 4.46. The highest BCUT2D eigenvalue weighted by molar-refractivity contribution is 9.08. The van der Waals surface area contributed by atoms with Crippen molar-refractivity contribution in [1.82, 2.24) is 5.32 Å². The average molecular weight is 458 g/mol. The van der Waals surface area contributed by atoms with Crippen LogP contribution in [0.2, 0.25) is 0 Å². The van der Waals surface area contributed by atoms with E-state index in [4.69, 9.17) is 14.2 Å². The number of thiophene rings is 1. The van der Waals surface area contributed by atoms with E-state index in [1.807, 2.05) is 32.9 Å². The van der Waals surface area contributed by atoms with E-state index in [0.717, 1.165) is 15.6 Å². The quantitative estimate of drug-likeness (QED) is 0.496. The Kier molecular flexibility index (Phi) is 7.11. The van der Waals surface area contributed by atoms with Crippen molar-refractivity contribution >= 4 is 49.2 Å². The van der Waals surface area contributed by atoms with E-state index < -0.39 is 5.60 Å². The van der Waals surface area contributed by atoms with E-state index in [0.29, 0.717) is 21.7 Å². The van der Waals surface area contributed by atoms with Gasteiger partial charge in [-0.15, -0.1) is 11.3 Å². The number of hydrogen-bond donors (Lipinski definition) is 1. The Labute approximate surface area is 171 Å². The van der Waals surface area contributed by atoms with Gasteiger partial charge in [-0.2, -0.15) is 0 Å². The molecule has 0 spiro atoms. The third kappa shape index (κ3) is 5.35. The smallest absolute Gasteiger partial charge is 0.308 e. The number of methoxy groups -OCH3 is 2. The molecule has 8 heteroatoms. The van der Waals surface area contributed by atoms with Crippen molar-refractivity contribution in [2.24, 2.45) is 0 Å². The van der Waals surface area contributed by atoms with Gasteiger partial charge in [0.05, 0.1) is 25.5 Å². The van der Waals surface area contributed by atoms with Gasteiger partial charge in [0.1, 0.15) is 5.60 Å². The molecule has 0 unspecified atom stereocenters. The maximum absolute atomic E-state index is 12.6. The fraction of sp³-hybridized carbons (Fsp3) is 0.474. The van der Waals surface area contributed by atoms with Crippen LogP contribution >= 0.6 is 27.3 Å². The second-order valence-electron chi connectivity index (χ2n) is 6.84. The van der Waals surface area contributed by atoms with Crippen molar-refractivity contribution in [1.29, 1.82) is 0 Å². The zero-order valence-corrected chi connectivity index (χ0v) is 18.5. The number of carbonyl (C=O) groups is 2. The lowest BCUT2D eigenvalue weighted by molar-refractivity contribution is -0.154. The first-order valence-corrected chi connectivity index (χ1v) is 10.4. The molecule has 0 atom stereocenters. The van der Waals surface area contributed by atoms with Gasteiger partial charge >= 0.3 is 5.97 Å². The summed E-state index contributed by atoms with van der Waals surface area (Å²) in [5.41, 5.74) is 0.346. The van der Waals surface area contributed by atoms with Crippen molar-refractivity contribution in [3.63, 3.8) is 0 Å². The van der Waals surface area contributed by atoms with Crippen LogP contribution in [0.4, 0.5) is 0 Å². The van der Waals surface area contributed by atoms with Gasteiger partial charge in [-0.25, -0.2) is 0 Å². The highest BCUT2D eigenvalue weighted by Gasteiger charge is 2.21. The van der Waals surface area contributed by atoms with E-state index in [-0.39, 0.29) is 24.8 Å². The van der Waals surface area contributed by atoms with E-state index in [2.05, 4.69) is 21.2 Å². The van der Waals surface area contributed by atoms with E-state index in [1.165, 1.54) is 11.3 Å². The average Bonchev–Trinajstić information content (AvgIpc) is 2.96. The van der Waals surface area contributed by atoms with Crippen LogP contribution in [0.3, 0.4) is 0 Å². The number of esters is 1. The molecule has 1 N–H and O–H groups in total. The van der Waals surface area contributed by atoms with Gasteiger partial charge in [0.15, 0.2) is 11.5 Å². The lowest BCUT2D eigenvalue weighted by Crippen LogP contribution is -2.29. The van der Waals surface area contributed by atoms with Crippen molar-refractivity contribution in [3.05, 3.63) is 22.6 Å². The van der Waals surface area contributed by atoms with Crippen LogP contribution in [0.5, 0.6) is 11.5 Å². The molecule has 0 saturated carbocycles. The summed E-state index contributed by atoms with van der Waals surface area (Å²) >= 11 is 4.84. The van der Waals surface area contributed by atoms with Crippen molar-refractivity contribution in [2.75, 3.05) is 20.8 Å². The van der Waals surface area contributed by atoms with E-state index >= 15 is 0 Å². The summed E-state index contributed by atoms with van der Waals surface area (Å²) in [6.45, 7) is 5.65. The maximum Gasteiger partial charge on any atom is 0.308 e. The molecule has 1 aromatic carbocycles. The maximum atomic E-state index is 12.6. The summed E-state index contributed by atoms with van der Waals surface area (Å²) in [6, 6.07) is 3.74. The number of amides is 1. The highest BCUT2D eigenvalue weighted by Crippen LogP contribution is 2.40. The van der Waals surface area contributed by atoms with Gasteiger partial charge in [0.2, 0.25) is 0 Å². The summed E-state index contributed by atoms with van der Waals surface area (Å²) in [4.78, 5) is 25.0. The number of alkyl halides is 1. The number of hydrogen-bond acceptors (Lipinski definition) is 6. The summed E-state index contributed by atoms with van der Waals surface area (Å²) in [5, 5.41) is 4.26. The van der Waals surface area contributed by atoms with Gasteiger partial charge in [0.25, 0.3) is 5.91 Å². The zero-order valence-electron chi connectivity index (χ0n) is 16.1. The second-order valence-corrected chi connectivity index (χ2v) is 8.45. The SMILES string of the molecule is COc1cc2sc(C(=O)NCCC(=O)OC(C)(C)C)c(CBr)c2cc1OC. The first kappa shape index (κ1) is 21.5. The molecule has 0 saturated heterocycles. The number of nitrogens with one attached hydrogen (secondary N) is 1.